The Morgan fingerprint density at radius 1 is 1.07 bits per heavy atom. The highest BCUT2D eigenvalue weighted by Gasteiger charge is 2.38. The minimum Gasteiger partial charge on any atom is -0.444 e. The zero-order valence-electron chi connectivity index (χ0n) is 29.4. The molecular weight excluding hydrogens is 575 g/mol. The van der Waals surface area contributed by atoms with E-state index in [0.29, 0.717) is 31.0 Å². The third-order valence-corrected chi connectivity index (χ3v) is 6.79. The fourth-order valence-electron chi connectivity index (χ4n) is 4.63. The van der Waals surface area contributed by atoms with Gasteiger partial charge in [-0.15, -0.1) is 6.42 Å². The summed E-state index contributed by atoms with van der Waals surface area (Å²) in [4.78, 5) is 20.2. The second kappa shape index (κ2) is 20.5. The number of carbonyl (C=O) groups is 1. The van der Waals surface area contributed by atoms with E-state index in [0.717, 1.165) is 30.9 Å². The molecule has 252 valence electrons. The van der Waals surface area contributed by atoms with Gasteiger partial charge in [0.2, 0.25) is 0 Å². The van der Waals surface area contributed by atoms with Gasteiger partial charge in [-0.05, 0) is 86.8 Å². The number of nitrogens with zero attached hydrogens (tertiary/aromatic N) is 3. The molecule has 45 heavy (non-hydrogen) atoms. The number of amides is 1. The molecule has 1 rings (SSSR count). The predicted octanol–water partition coefficient (Wildman–Crippen LogP) is 10.4. The number of aliphatic imine (C=N–C) groups is 1. The maximum atomic E-state index is 13.8. The molecule has 0 saturated carbocycles. The van der Waals surface area contributed by atoms with Crippen LogP contribution in [-0.4, -0.2) is 59.1 Å². The Labute approximate surface area is 271 Å². The van der Waals surface area contributed by atoms with Gasteiger partial charge in [-0.3, -0.25) is 4.99 Å². The summed E-state index contributed by atoms with van der Waals surface area (Å²) in [6, 6.07) is -0.211. The van der Waals surface area contributed by atoms with Crippen LogP contribution < -0.4 is 0 Å². The summed E-state index contributed by atoms with van der Waals surface area (Å²) in [5, 5.41) is 0. The first-order valence-corrected chi connectivity index (χ1v) is 15.9. The summed E-state index contributed by atoms with van der Waals surface area (Å²) in [7, 11) is 0. The number of alkyl halides is 3. The highest BCUT2D eigenvalue weighted by Crippen LogP contribution is 2.35. The average Bonchev–Trinajstić information content (AvgIpc) is 2.93. The predicted molar refractivity (Wildman–Crippen MR) is 184 cm³/mol. The molecule has 1 aliphatic rings. The Kier molecular flexibility index (Phi) is 19.0. The van der Waals surface area contributed by atoms with Crippen LogP contribution in [0.4, 0.5) is 18.0 Å². The first kappa shape index (κ1) is 41.5. The standard InChI is InChI=1S/C23H36F3N3O2.C14H20/c1-9-11-12-27-17(4)20(19(10-2)23(24,25)26)18(5)28-13-14-29(16(3)15-28)21(30)31-22(6,7)8;1-5-8-9-11-14(7-3)12-13(4)10-6-2/h10-12,16H,9,13-15H2,1-8H3;3,8-9,11-12H,5-6,10H2,1-2,4H3/b12-11+,19-10+,20-18-,27-17+;9-8+,13-12+,14-11-. The molecule has 0 aromatic heterocycles. The van der Waals surface area contributed by atoms with Crippen LogP contribution in [-0.2, 0) is 4.74 Å². The zero-order chi connectivity index (χ0) is 34.8. The number of carbonyl (C=O) groups excluding carboxylic acids is 1. The quantitative estimate of drug-likeness (QED) is 0.137. The van der Waals surface area contributed by atoms with E-state index >= 15 is 0 Å². The lowest BCUT2D eigenvalue weighted by Gasteiger charge is -2.42. The monoisotopic (exact) mass is 631 g/mol. The van der Waals surface area contributed by atoms with E-state index < -0.39 is 23.4 Å². The van der Waals surface area contributed by atoms with Gasteiger partial charge in [-0.25, -0.2) is 4.79 Å². The normalized spacial score (nSPS) is 18.1. The molecule has 1 fully saturated rings. The van der Waals surface area contributed by atoms with Gasteiger partial charge in [0.25, 0.3) is 0 Å². The topological polar surface area (TPSA) is 45.1 Å². The third kappa shape index (κ3) is 15.9. The summed E-state index contributed by atoms with van der Waals surface area (Å²) in [6.45, 7) is 21.4. The zero-order valence-corrected chi connectivity index (χ0v) is 29.4. The SMILES string of the molecule is C#CC(=C/C=C/CC)/C=C(\C)CCC.C\C=C(C(/C(C)=N/C=C/CC)=C(/C)N1CCN(C(=O)OC(C)(C)C)C(C)C1)\C(F)(F)F. The number of hydrogen-bond acceptors (Lipinski definition) is 4. The maximum Gasteiger partial charge on any atom is 0.416 e. The summed E-state index contributed by atoms with van der Waals surface area (Å²) in [5.74, 6) is 2.68. The molecule has 0 radical (unpaired) electrons. The van der Waals surface area contributed by atoms with Crippen LogP contribution in [0.2, 0.25) is 0 Å². The number of terminal acetylenes is 1. The summed E-state index contributed by atoms with van der Waals surface area (Å²) < 4.78 is 46.8. The lowest BCUT2D eigenvalue weighted by atomic mass is 9.97. The minimum absolute atomic E-state index is 0.0775. The number of ether oxygens (including phenoxy) is 1. The van der Waals surface area contributed by atoms with Crippen molar-refractivity contribution >= 4 is 11.8 Å². The Morgan fingerprint density at radius 3 is 2.16 bits per heavy atom. The van der Waals surface area contributed by atoms with Crippen molar-refractivity contribution in [1.82, 2.24) is 9.80 Å². The molecule has 8 heteroatoms. The lowest BCUT2D eigenvalue weighted by Crippen LogP contribution is -2.54. The number of rotatable bonds is 10. The van der Waals surface area contributed by atoms with Crippen molar-refractivity contribution in [2.45, 2.75) is 120 Å². The van der Waals surface area contributed by atoms with Crippen molar-refractivity contribution < 1.29 is 22.7 Å². The van der Waals surface area contributed by atoms with Gasteiger partial charge in [0.15, 0.2) is 0 Å². The lowest BCUT2D eigenvalue weighted by molar-refractivity contribution is -0.0891. The van der Waals surface area contributed by atoms with Gasteiger partial charge in [-0.2, -0.15) is 13.2 Å². The molecule has 0 aliphatic carbocycles. The van der Waals surface area contributed by atoms with Crippen molar-refractivity contribution in [2.75, 3.05) is 19.6 Å². The smallest absolute Gasteiger partial charge is 0.416 e. The fourth-order valence-corrected chi connectivity index (χ4v) is 4.63. The molecule has 1 atom stereocenters. The molecular formula is C37H56F3N3O2. The first-order chi connectivity index (χ1) is 21.0. The van der Waals surface area contributed by atoms with Gasteiger partial charge >= 0.3 is 12.3 Å². The molecule has 0 aromatic rings. The number of allylic oxidation sites excluding steroid dienone is 11. The van der Waals surface area contributed by atoms with Gasteiger partial charge in [0.1, 0.15) is 5.60 Å². The molecule has 1 aliphatic heterocycles. The van der Waals surface area contributed by atoms with Crippen LogP contribution in [0.1, 0.15) is 102 Å². The van der Waals surface area contributed by atoms with Gasteiger partial charge in [-0.1, -0.05) is 63.0 Å². The molecule has 0 aromatic carbocycles. The fraction of sp³-hybridized carbons (Fsp3) is 0.568. The summed E-state index contributed by atoms with van der Waals surface area (Å²) >= 11 is 0. The van der Waals surface area contributed by atoms with Crippen molar-refractivity contribution in [3.8, 4) is 12.3 Å². The van der Waals surface area contributed by atoms with Crippen LogP contribution in [0.25, 0.3) is 0 Å². The van der Waals surface area contributed by atoms with E-state index in [2.05, 4.69) is 43.8 Å². The molecule has 0 spiro atoms. The van der Waals surface area contributed by atoms with E-state index in [1.165, 1.54) is 25.1 Å². The first-order valence-electron chi connectivity index (χ1n) is 15.9. The maximum absolute atomic E-state index is 13.8. The van der Waals surface area contributed by atoms with Crippen LogP contribution in [0.5, 0.6) is 0 Å². The Balaban J connectivity index is 0.00000116. The van der Waals surface area contributed by atoms with Gasteiger partial charge in [0, 0.05) is 54.4 Å². The van der Waals surface area contributed by atoms with E-state index in [1.54, 1.807) is 45.6 Å². The van der Waals surface area contributed by atoms with Crippen LogP contribution in [0.3, 0.4) is 0 Å². The van der Waals surface area contributed by atoms with Crippen molar-refractivity contribution in [3.63, 3.8) is 0 Å². The third-order valence-electron chi connectivity index (χ3n) is 6.79. The second-order valence-corrected chi connectivity index (χ2v) is 12.0. The molecule has 1 amide bonds. The van der Waals surface area contributed by atoms with Crippen molar-refractivity contribution in [3.05, 3.63) is 70.6 Å². The average molecular weight is 632 g/mol. The van der Waals surface area contributed by atoms with E-state index in [9.17, 15) is 18.0 Å². The molecule has 0 N–H and O–H groups in total. The molecule has 1 unspecified atom stereocenters. The molecule has 1 heterocycles. The van der Waals surface area contributed by atoms with Gasteiger partial charge in [0.05, 0.1) is 5.57 Å². The molecule has 1 saturated heterocycles. The van der Waals surface area contributed by atoms with E-state index in [4.69, 9.17) is 11.2 Å². The second-order valence-electron chi connectivity index (χ2n) is 12.0. The summed E-state index contributed by atoms with van der Waals surface area (Å²) in [5.41, 5.74) is 1.86. The Morgan fingerprint density at radius 2 is 1.69 bits per heavy atom. The summed E-state index contributed by atoms with van der Waals surface area (Å²) in [6.07, 6.45) is 17.2. The molecule has 0 bridgehead atoms. The van der Waals surface area contributed by atoms with Crippen LogP contribution in [0.15, 0.2) is 75.6 Å². The number of halogens is 3. The number of hydrogen-bond donors (Lipinski definition) is 0. The highest BCUT2D eigenvalue weighted by atomic mass is 19.4. The Bertz CT molecular complexity index is 1200. The number of piperazine rings is 1. The van der Waals surface area contributed by atoms with E-state index in [-0.39, 0.29) is 11.6 Å². The highest BCUT2D eigenvalue weighted by molar-refractivity contribution is 6.03. The minimum atomic E-state index is -4.50. The van der Waals surface area contributed by atoms with Gasteiger partial charge < -0.3 is 14.5 Å². The largest absolute Gasteiger partial charge is 0.444 e. The van der Waals surface area contributed by atoms with Crippen LogP contribution in [0, 0.1) is 12.3 Å². The molecule has 5 nitrogen and oxygen atoms in total. The van der Waals surface area contributed by atoms with E-state index in [1.807, 2.05) is 30.9 Å². The van der Waals surface area contributed by atoms with Crippen molar-refractivity contribution in [2.24, 2.45) is 4.99 Å². The van der Waals surface area contributed by atoms with Crippen molar-refractivity contribution in [1.29, 1.82) is 0 Å². The van der Waals surface area contributed by atoms with Crippen LogP contribution >= 0.6 is 0 Å². The Hall–Kier alpha value is -3.47.